The Bertz CT molecular complexity index is 633. The van der Waals surface area contributed by atoms with Crippen LogP contribution in [0.2, 0.25) is 0 Å². The fourth-order valence-electron chi connectivity index (χ4n) is 2.60. The molecule has 1 aromatic heterocycles. The summed E-state index contributed by atoms with van der Waals surface area (Å²) in [6.07, 6.45) is 1.60. The summed E-state index contributed by atoms with van der Waals surface area (Å²) < 4.78 is 12.9. The van der Waals surface area contributed by atoms with Crippen LogP contribution in [0.5, 0.6) is 0 Å². The largest absolute Gasteiger partial charge is 0.347 e. The summed E-state index contributed by atoms with van der Waals surface area (Å²) in [5.41, 5.74) is 0.599. The molecule has 0 atom stereocenters. The number of ketones is 1. The lowest BCUT2D eigenvalue weighted by molar-refractivity contribution is 0.0900. The van der Waals surface area contributed by atoms with Gasteiger partial charge >= 0.3 is 0 Å². The van der Waals surface area contributed by atoms with Gasteiger partial charge in [0.25, 0.3) is 0 Å². The second-order valence-electron chi connectivity index (χ2n) is 5.24. The maximum atomic E-state index is 12.9. The number of Topliss-reactive ketones (excluding diaryl/α,β-unsaturated/α-hetero) is 1. The Labute approximate surface area is 126 Å². The Balaban J connectivity index is 1.63. The Hall–Kier alpha value is -1.82. The normalized spacial score (nSPS) is 16.2. The van der Waals surface area contributed by atoms with Crippen LogP contribution < -0.4 is 4.90 Å². The second-order valence-corrected chi connectivity index (χ2v) is 6.40. The lowest BCUT2D eigenvalue weighted by Gasteiger charge is -2.30. The van der Waals surface area contributed by atoms with Gasteiger partial charge in [0.1, 0.15) is 10.8 Å². The number of nitrogens with zero attached hydrogens (tertiary/aromatic N) is 3. The Morgan fingerprint density at radius 3 is 2.48 bits per heavy atom. The molecule has 0 saturated carbocycles. The molecule has 6 heteroatoms. The Morgan fingerprint density at radius 2 is 1.90 bits per heavy atom. The van der Waals surface area contributed by atoms with Crippen LogP contribution in [0.15, 0.2) is 24.3 Å². The van der Waals surface area contributed by atoms with Crippen LogP contribution in [0.4, 0.5) is 9.52 Å². The van der Waals surface area contributed by atoms with E-state index in [9.17, 15) is 9.18 Å². The topological polar surface area (TPSA) is 46.1 Å². The monoisotopic (exact) mass is 305 g/mol. The minimum Gasteiger partial charge on any atom is -0.347 e. The molecule has 1 aliphatic heterocycles. The number of anilines is 1. The summed E-state index contributed by atoms with van der Waals surface area (Å²) in [7, 11) is 0. The first-order valence-corrected chi connectivity index (χ1v) is 7.80. The van der Waals surface area contributed by atoms with E-state index in [1.165, 1.54) is 12.1 Å². The zero-order valence-electron chi connectivity index (χ0n) is 11.8. The third-order valence-electron chi connectivity index (χ3n) is 3.78. The predicted molar refractivity (Wildman–Crippen MR) is 80.3 cm³/mol. The summed E-state index contributed by atoms with van der Waals surface area (Å²) in [4.78, 5) is 14.6. The van der Waals surface area contributed by atoms with Gasteiger partial charge in [0.2, 0.25) is 5.13 Å². The van der Waals surface area contributed by atoms with Gasteiger partial charge in [-0.3, -0.25) is 4.79 Å². The highest BCUT2D eigenvalue weighted by molar-refractivity contribution is 7.15. The molecule has 0 unspecified atom stereocenters. The van der Waals surface area contributed by atoms with Crippen molar-refractivity contribution in [2.45, 2.75) is 19.8 Å². The van der Waals surface area contributed by atoms with Crippen LogP contribution in [0, 0.1) is 18.7 Å². The SMILES string of the molecule is Cc1nnc(N2CCC(C(=O)c3ccc(F)cc3)CC2)s1. The van der Waals surface area contributed by atoms with Crippen molar-refractivity contribution in [3.05, 3.63) is 40.7 Å². The van der Waals surface area contributed by atoms with Gasteiger partial charge in [0.15, 0.2) is 5.78 Å². The maximum Gasteiger partial charge on any atom is 0.208 e. The smallest absolute Gasteiger partial charge is 0.208 e. The van der Waals surface area contributed by atoms with Crippen molar-refractivity contribution in [2.75, 3.05) is 18.0 Å². The van der Waals surface area contributed by atoms with E-state index in [2.05, 4.69) is 15.1 Å². The molecular formula is C15H16FN3OS. The fraction of sp³-hybridized carbons (Fsp3) is 0.400. The first-order chi connectivity index (χ1) is 10.1. The van der Waals surface area contributed by atoms with Crippen molar-refractivity contribution in [2.24, 2.45) is 5.92 Å². The standard InChI is InChI=1S/C15H16FN3OS/c1-10-17-18-15(21-10)19-8-6-12(7-9-19)14(20)11-2-4-13(16)5-3-11/h2-5,12H,6-9H2,1H3. The summed E-state index contributed by atoms with van der Waals surface area (Å²) in [6.45, 7) is 3.56. The fourth-order valence-corrected chi connectivity index (χ4v) is 3.34. The van der Waals surface area contributed by atoms with Crippen LogP contribution in [0.3, 0.4) is 0 Å². The number of benzene rings is 1. The van der Waals surface area contributed by atoms with Gasteiger partial charge in [0.05, 0.1) is 0 Å². The van der Waals surface area contributed by atoms with Crippen molar-refractivity contribution >= 4 is 22.3 Å². The molecule has 21 heavy (non-hydrogen) atoms. The van der Waals surface area contributed by atoms with Crippen LogP contribution in [0.25, 0.3) is 0 Å². The van der Waals surface area contributed by atoms with Crippen molar-refractivity contribution in [1.29, 1.82) is 0 Å². The number of hydrogen-bond donors (Lipinski definition) is 0. The number of piperidine rings is 1. The van der Waals surface area contributed by atoms with Gasteiger partial charge in [0, 0.05) is 24.6 Å². The molecule has 0 radical (unpaired) electrons. The van der Waals surface area contributed by atoms with E-state index >= 15 is 0 Å². The number of rotatable bonds is 3. The van der Waals surface area contributed by atoms with Crippen molar-refractivity contribution in [3.8, 4) is 0 Å². The van der Waals surface area contributed by atoms with Crippen molar-refractivity contribution < 1.29 is 9.18 Å². The van der Waals surface area contributed by atoms with E-state index in [1.807, 2.05) is 6.92 Å². The molecule has 1 aliphatic rings. The van der Waals surface area contributed by atoms with Gasteiger partial charge in [-0.2, -0.15) is 0 Å². The molecule has 3 rings (SSSR count). The number of aromatic nitrogens is 2. The zero-order valence-corrected chi connectivity index (χ0v) is 12.6. The van der Waals surface area contributed by atoms with E-state index in [-0.39, 0.29) is 17.5 Å². The number of aryl methyl sites for hydroxylation is 1. The highest BCUT2D eigenvalue weighted by atomic mass is 32.1. The zero-order chi connectivity index (χ0) is 14.8. The van der Waals surface area contributed by atoms with Gasteiger partial charge < -0.3 is 4.90 Å². The van der Waals surface area contributed by atoms with E-state index in [1.54, 1.807) is 23.5 Å². The van der Waals surface area contributed by atoms with E-state index in [0.29, 0.717) is 5.56 Å². The molecule has 0 aliphatic carbocycles. The lowest BCUT2D eigenvalue weighted by Crippen LogP contribution is -2.36. The lowest BCUT2D eigenvalue weighted by atomic mass is 9.89. The van der Waals surface area contributed by atoms with E-state index in [0.717, 1.165) is 36.1 Å². The molecule has 0 spiro atoms. The average Bonchev–Trinajstić information content (AvgIpc) is 2.94. The molecule has 2 aromatic rings. The first kappa shape index (κ1) is 14.1. The maximum absolute atomic E-state index is 12.9. The van der Waals surface area contributed by atoms with Gasteiger partial charge in [-0.05, 0) is 44.0 Å². The summed E-state index contributed by atoms with van der Waals surface area (Å²) in [6, 6.07) is 5.81. The van der Waals surface area contributed by atoms with Crippen LogP contribution in [-0.2, 0) is 0 Å². The molecule has 1 fully saturated rings. The number of hydrogen-bond acceptors (Lipinski definition) is 5. The molecular weight excluding hydrogens is 289 g/mol. The number of carbonyl (C=O) groups is 1. The third kappa shape index (κ3) is 3.10. The first-order valence-electron chi connectivity index (χ1n) is 6.98. The Kier molecular flexibility index (Phi) is 3.96. The minimum atomic E-state index is -0.312. The van der Waals surface area contributed by atoms with Gasteiger partial charge in [-0.1, -0.05) is 11.3 Å². The summed E-state index contributed by atoms with van der Waals surface area (Å²) >= 11 is 1.58. The highest BCUT2D eigenvalue weighted by Crippen LogP contribution is 2.27. The van der Waals surface area contributed by atoms with Crippen molar-refractivity contribution in [3.63, 3.8) is 0 Å². The highest BCUT2D eigenvalue weighted by Gasteiger charge is 2.27. The number of carbonyl (C=O) groups excluding carboxylic acids is 1. The minimum absolute atomic E-state index is 0.0146. The number of halogens is 1. The molecule has 1 saturated heterocycles. The second kappa shape index (κ2) is 5.89. The van der Waals surface area contributed by atoms with Crippen molar-refractivity contribution in [1.82, 2.24) is 10.2 Å². The van der Waals surface area contributed by atoms with Crippen LogP contribution in [0.1, 0.15) is 28.2 Å². The Morgan fingerprint density at radius 1 is 1.24 bits per heavy atom. The molecule has 4 nitrogen and oxygen atoms in total. The van der Waals surface area contributed by atoms with Gasteiger partial charge in [-0.25, -0.2) is 4.39 Å². The molecule has 0 amide bonds. The van der Waals surface area contributed by atoms with E-state index in [4.69, 9.17) is 0 Å². The van der Waals surface area contributed by atoms with Gasteiger partial charge in [-0.15, -0.1) is 10.2 Å². The van der Waals surface area contributed by atoms with Crippen LogP contribution >= 0.6 is 11.3 Å². The van der Waals surface area contributed by atoms with E-state index < -0.39 is 0 Å². The summed E-state index contributed by atoms with van der Waals surface area (Å²) in [5.74, 6) is -0.183. The summed E-state index contributed by atoms with van der Waals surface area (Å²) in [5, 5.41) is 10.1. The molecule has 0 N–H and O–H groups in total. The molecule has 110 valence electrons. The average molecular weight is 305 g/mol. The quantitative estimate of drug-likeness (QED) is 0.818. The molecule has 2 heterocycles. The third-order valence-corrected chi connectivity index (χ3v) is 4.68. The predicted octanol–water partition coefficient (Wildman–Crippen LogP) is 3.08. The molecule has 0 bridgehead atoms. The molecule has 1 aromatic carbocycles. The van der Waals surface area contributed by atoms with Crippen LogP contribution in [-0.4, -0.2) is 29.1 Å².